The zero-order valence-corrected chi connectivity index (χ0v) is 19.1. The summed E-state index contributed by atoms with van der Waals surface area (Å²) in [6.07, 6.45) is -3.43. The first-order valence-electron chi connectivity index (χ1n) is 8.27. The number of alkyl halides is 3. The molecule has 3 rings (SSSR count). The van der Waals surface area contributed by atoms with Gasteiger partial charge in [-0.15, -0.1) is 0 Å². The number of nitro benzene ring substituents is 1. The number of hydrogen-bond donors (Lipinski definition) is 0. The Morgan fingerprint density at radius 3 is 2.23 bits per heavy atom. The molecule has 1 aromatic heterocycles. The van der Waals surface area contributed by atoms with E-state index in [-0.39, 0.29) is 11.3 Å². The van der Waals surface area contributed by atoms with E-state index >= 15 is 0 Å². The first-order valence-corrected chi connectivity index (χ1v) is 12.3. The molecule has 2 aromatic carbocycles. The van der Waals surface area contributed by atoms with Crippen LogP contribution in [0.3, 0.4) is 0 Å². The van der Waals surface area contributed by atoms with Gasteiger partial charge >= 0.3 is 187 Å². The molecule has 0 aliphatic rings. The van der Waals surface area contributed by atoms with Gasteiger partial charge in [0.05, 0.1) is 0 Å². The van der Waals surface area contributed by atoms with Crippen LogP contribution in [-0.4, -0.2) is 42.8 Å². The van der Waals surface area contributed by atoms with Gasteiger partial charge < -0.3 is 0 Å². The van der Waals surface area contributed by atoms with Gasteiger partial charge in [-0.2, -0.15) is 0 Å². The van der Waals surface area contributed by atoms with Crippen LogP contribution in [0, 0.1) is 10.1 Å². The molecule has 0 spiro atoms. The summed E-state index contributed by atoms with van der Waals surface area (Å²) in [6, 6.07) is 10.6. The van der Waals surface area contributed by atoms with E-state index < -0.39 is 67.4 Å². The van der Waals surface area contributed by atoms with E-state index in [1.807, 2.05) is 0 Å². The Bertz CT molecular complexity index is 1210. The topological polar surface area (TPSA) is 93.4 Å². The number of rotatable bonds is 6. The van der Waals surface area contributed by atoms with E-state index in [0.29, 0.717) is 8.27 Å². The molecule has 0 atom stereocenters. The van der Waals surface area contributed by atoms with Crippen LogP contribution in [0.5, 0.6) is 0 Å². The van der Waals surface area contributed by atoms with Gasteiger partial charge in [-0.25, -0.2) is 0 Å². The quantitative estimate of drug-likeness (QED) is 0.225. The second-order valence-electron chi connectivity index (χ2n) is 6.00. The molecule has 0 saturated heterocycles. The average Bonchev–Trinajstić information content (AvgIpc) is 2.74. The Hall–Kier alpha value is -2.64. The molecule has 0 N–H and O–H groups in total. The average molecular weight is 650 g/mol. The van der Waals surface area contributed by atoms with Gasteiger partial charge in [0.25, 0.3) is 0 Å². The van der Waals surface area contributed by atoms with Crippen LogP contribution in [0.1, 0.15) is 5.56 Å². The number of non-ortho nitro benzene ring substituents is 1. The summed E-state index contributed by atoms with van der Waals surface area (Å²) >= 11 is -3.40. The van der Waals surface area contributed by atoms with Crippen molar-refractivity contribution >= 4 is 45.9 Å². The third kappa shape index (κ3) is 4.83. The first kappa shape index (κ1) is 23.0. The van der Waals surface area contributed by atoms with Crippen LogP contribution >= 0.6 is 0 Å². The van der Waals surface area contributed by atoms with Crippen molar-refractivity contribution in [2.75, 3.05) is 2.20 Å². The number of nitrogens with zero attached hydrogens (tertiary/aromatic N) is 3. The molecule has 7 nitrogen and oxygen atoms in total. The van der Waals surface area contributed by atoms with Crippen LogP contribution in [0.25, 0.3) is 11.3 Å². The first-order chi connectivity index (χ1) is 14.6. The summed E-state index contributed by atoms with van der Waals surface area (Å²) < 4.78 is 80.4. The van der Waals surface area contributed by atoms with Crippen LogP contribution in [0.15, 0.2) is 71.8 Å². The number of pyridine rings is 1. The summed E-state index contributed by atoms with van der Waals surface area (Å²) in [5.41, 5.74) is -1.89. The van der Waals surface area contributed by atoms with E-state index in [9.17, 15) is 34.3 Å². The monoisotopic (exact) mass is 650 g/mol. The van der Waals surface area contributed by atoms with Crippen molar-refractivity contribution in [1.29, 1.82) is 0 Å². The van der Waals surface area contributed by atoms with Gasteiger partial charge in [0, 0.05) is 0 Å². The molecule has 0 aliphatic carbocycles. The number of halogens is 4. The van der Waals surface area contributed by atoms with Gasteiger partial charge in [0.15, 0.2) is 0 Å². The fourth-order valence-corrected chi connectivity index (χ4v) is 6.54. The number of nitro groups is 1. The Balaban J connectivity index is 2.20. The molecule has 1 heterocycles. The summed E-state index contributed by atoms with van der Waals surface area (Å²) in [7, 11) is -4.62. The SMILES string of the molecule is O=[N+]([O-])c1ccc(S(=O)(=O)[N]([Po][F])c2cc(C(F)(F)F)ccc2-c2ccccn2)cc1. The molecule has 0 amide bonds. The van der Waals surface area contributed by atoms with Crippen LogP contribution < -0.4 is 2.20 Å². The number of anilines is 1. The number of hydrogen-bond acceptors (Lipinski definition) is 5. The minimum absolute atomic E-state index is 0.00302. The van der Waals surface area contributed by atoms with Crippen molar-refractivity contribution < 1.29 is 29.1 Å². The van der Waals surface area contributed by atoms with Crippen molar-refractivity contribution in [3.05, 3.63) is 82.5 Å². The van der Waals surface area contributed by atoms with E-state index in [2.05, 4.69) is 4.98 Å². The fourth-order valence-electron chi connectivity index (χ4n) is 2.64. The van der Waals surface area contributed by atoms with Crippen molar-refractivity contribution in [2.24, 2.45) is 0 Å². The molecule has 31 heavy (non-hydrogen) atoms. The van der Waals surface area contributed by atoms with Crippen molar-refractivity contribution in [2.45, 2.75) is 11.1 Å². The zero-order chi connectivity index (χ0) is 22.8. The van der Waals surface area contributed by atoms with Crippen molar-refractivity contribution in [3.8, 4) is 11.3 Å². The molecule has 162 valence electrons. The van der Waals surface area contributed by atoms with Gasteiger partial charge in [-0.05, 0) is 0 Å². The van der Waals surface area contributed by atoms with Gasteiger partial charge in [-0.1, -0.05) is 0 Å². The van der Waals surface area contributed by atoms with Crippen LogP contribution in [-0.2, 0) is 16.2 Å². The zero-order valence-electron chi connectivity index (χ0n) is 15.2. The Morgan fingerprint density at radius 1 is 1.03 bits per heavy atom. The molecule has 13 heteroatoms. The Labute approximate surface area is 186 Å². The van der Waals surface area contributed by atoms with E-state index in [4.69, 9.17) is 0 Å². The van der Waals surface area contributed by atoms with Gasteiger partial charge in [-0.3, -0.25) is 0 Å². The molecule has 3 aromatic rings. The summed E-state index contributed by atoms with van der Waals surface area (Å²) in [6.45, 7) is 0. The number of aromatic nitrogens is 1. The van der Waals surface area contributed by atoms with E-state index in [0.717, 1.165) is 36.4 Å². The van der Waals surface area contributed by atoms with Crippen LogP contribution in [0.4, 0.5) is 27.1 Å². The normalized spacial score (nSPS) is 11.9. The maximum atomic E-state index is 14.2. The standard InChI is InChI=1S/C18H11F3N3O4S.FH.Po/c19-18(20,21)12-4-9-15(16-3-1-2-10-22-16)17(11-12)23-29(27,28)14-7-5-13(6-8-14)24(25)26;;/h1-11H;1H;/q-1;;+2/p-1. The van der Waals surface area contributed by atoms with Gasteiger partial charge in [0.2, 0.25) is 0 Å². The molecule has 0 aliphatic heterocycles. The number of sulfonamides is 1. The molecule has 0 radical (unpaired) electrons. The van der Waals surface area contributed by atoms with Crippen molar-refractivity contribution in [3.63, 3.8) is 0 Å². The minimum atomic E-state index is -4.79. The van der Waals surface area contributed by atoms with Gasteiger partial charge in [0.1, 0.15) is 0 Å². The molecule has 0 saturated carbocycles. The predicted molar refractivity (Wildman–Crippen MR) is 104 cm³/mol. The van der Waals surface area contributed by atoms with Crippen molar-refractivity contribution in [1.82, 2.24) is 4.98 Å². The predicted octanol–water partition coefficient (Wildman–Crippen LogP) is 4.37. The number of benzene rings is 2. The second kappa shape index (κ2) is 8.84. The summed E-state index contributed by atoms with van der Waals surface area (Å²) in [5, 5.41) is 10.8. The Kier molecular flexibility index (Phi) is 6.57. The molecule has 0 bridgehead atoms. The molecule has 0 fully saturated rings. The maximum absolute atomic E-state index is 14.2. The third-order valence-corrected chi connectivity index (χ3v) is 9.63. The second-order valence-corrected chi connectivity index (χ2v) is 10.7. The molecular weight excluding hydrogens is 639 g/mol. The summed E-state index contributed by atoms with van der Waals surface area (Å²) in [5.74, 6) is 0. The van der Waals surface area contributed by atoms with E-state index in [1.54, 1.807) is 12.1 Å². The molecular formula is C18H11F4N3O4PoS. The molecule has 0 unspecified atom stereocenters. The Morgan fingerprint density at radius 2 is 1.71 bits per heavy atom. The summed E-state index contributed by atoms with van der Waals surface area (Å²) in [4.78, 5) is 13.6. The van der Waals surface area contributed by atoms with Crippen LogP contribution in [0.2, 0.25) is 0 Å². The van der Waals surface area contributed by atoms with E-state index in [1.165, 1.54) is 12.3 Å². The third-order valence-electron chi connectivity index (χ3n) is 4.09. The fraction of sp³-hybridized carbons (Fsp3) is 0.0556.